The summed E-state index contributed by atoms with van der Waals surface area (Å²) in [6, 6.07) is 5.17. The molecule has 0 unspecified atom stereocenters. The van der Waals surface area contributed by atoms with Gasteiger partial charge in [0, 0.05) is 16.1 Å². The number of carboxylic acid groups (broad SMARTS) is 1. The van der Waals surface area contributed by atoms with Gasteiger partial charge in [-0.25, -0.2) is 4.79 Å². The van der Waals surface area contributed by atoms with Crippen molar-refractivity contribution >= 4 is 33.4 Å². The highest BCUT2D eigenvalue weighted by atomic mass is 79.9. The second-order valence-electron chi connectivity index (χ2n) is 3.18. The van der Waals surface area contributed by atoms with E-state index in [-0.39, 0.29) is 5.76 Å². The summed E-state index contributed by atoms with van der Waals surface area (Å²) in [5.74, 6) is -3.13. The maximum atomic E-state index is 10.9. The lowest BCUT2D eigenvalue weighted by Gasteiger charge is -2.04. The van der Waals surface area contributed by atoms with E-state index in [9.17, 15) is 14.7 Å². The molecule has 16 heavy (non-hydrogen) atoms. The van der Waals surface area contributed by atoms with Crippen molar-refractivity contribution < 1.29 is 19.8 Å². The lowest BCUT2D eigenvalue weighted by molar-refractivity contribution is -0.146. The van der Waals surface area contributed by atoms with Gasteiger partial charge in [-0.3, -0.25) is 4.79 Å². The first kappa shape index (κ1) is 12.4. The Morgan fingerprint density at radius 1 is 1.31 bits per heavy atom. The molecule has 4 nitrogen and oxygen atoms in total. The predicted molar refractivity (Wildman–Crippen MR) is 62.1 cm³/mol. The number of aliphatic hydroxyl groups is 1. The molecule has 0 spiro atoms. The molecule has 0 saturated carbocycles. The molecule has 84 valence electrons. The molecule has 0 aliphatic heterocycles. The van der Waals surface area contributed by atoms with Crippen molar-refractivity contribution in [2.24, 2.45) is 0 Å². The monoisotopic (exact) mass is 284 g/mol. The van der Waals surface area contributed by atoms with Crippen molar-refractivity contribution in [3.63, 3.8) is 0 Å². The van der Waals surface area contributed by atoms with Crippen molar-refractivity contribution in [2.75, 3.05) is 0 Å². The van der Waals surface area contributed by atoms with Crippen LogP contribution in [0.4, 0.5) is 0 Å². The van der Waals surface area contributed by atoms with Gasteiger partial charge in [-0.2, -0.15) is 0 Å². The summed E-state index contributed by atoms with van der Waals surface area (Å²) >= 11 is 3.20. The zero-order chi connectivity index (χ0) is 12.3. The third-order valence-electron chi connectivity index (χ3n) is 1.88. The Balaban J connectivity index is 3.14. The number of hydrogen-bond acceptors (Lipinski definition) is 3. The quantitative estimate of drug-likeness (QED) is 0.507. The van der Waals surface area contributed by atoms with E-state index in [1.54, 1.807) is 12.1 Å². The van der Waals surface area contributed by atoms with Gasteiger partial charge in [-0.05, 0) is 19.1 Å². The molecule has 1 aromatic carbocycles. The zero-order valence-corrected chi connectivity index (χ0v) is 9.98. The molecule has 1 rings (SSSR count). The van der Waals surface area contributed by atoms with Crippen molar-refractivity contribution in [3.8, 4) is 0 Å². The summed E-state index contributed by atoms with van der Waals surface area (Å²) in [4.78, 5) is 21.2. The number of carbonyl (C=O) groups is 2. The smallest absolute Gasteiger partial charge is 0.376 e. The van der Waals surface area contributed by atoms with Crippen LogP contribution in [0.5, 0.6) is 0 Å². The van der Waals surface area contributed by atoms with Gasteiger partial charge >= 0.3 is 5.97 Å². The van der Waals surface area contributed by atoms with Crippen molar-refractivity contribution in [1.82, 2.24) is 0 Å². The second-order valence-corrected chi connectivity index (χ2v) is 4.04. The van der Waals surface area contributed by atoms with Crippen LogP contribution in [-0.4, -0.2) is 22.0 Å². The van der Waals surface area contributed by atoms with Crippen LogP contribution in [0.25, 0.3) is 5.76 Å². The zero-order valence-electron chi connectivity index (χ0n) is 8.40. The molecule has 0 amide bonds. The Morgan fingerprint density at radius 2 is 1.94 bits per heavy atom. The lowest BCUT2D eigenvalue weighted by atomic mass is 10.1. The molecule has 0 aromatic heterocycles. The first-order valence-corrected chi connectivity index (χ1v) is 5.15. The minimum Gasteiger partial charge on any atom is -0.507 e. The fraction of sp³-hybridized carbons (Fsp3) is 0.0909. The first-order valence-electron chi connectivity index (χ1n) is 4.36. The molecule has 5 heteroatoms. The normalized spacial score (nSPS) is 11.2. The topological polar surface area (TPSA) is 74.6 Å². The minimum absolute atomic E-state index is 0.372. The minimum atomic E-state index is -1.60. The average Bonchev–Trinajstić information content (AvgIpc) is 2.21. The summed E-state index contributed by atoms with van der Waals surface area (Å²) in [6.45, 7) is 1.82. The molecule has 0 aliphatic carbocycles. The number of hydrogen-bond donors (Lipinski definition) is 2. The van der Waals surface area contributed by atoms with Crippen molar-refractivity contribution in [1.29, 1.82) is 0 Å². The van der Waals surface area contributed by atoms with E-state index in [1.165, 1.54) is 0 Å². The SMILES string of the molecule is Cc1ccc(Br)c(C(O)=CC(=O)C(=O)O)c1. The van der Waals surface area contributed by atoms with E-state index in [2.05, 4.69) is 15.9 Å². The molecule has 0 fully saturated rings. The highest BCUT2D eigenvalue weighted by Crippen LogP contribution is 2.23. The van der Waals surface area contributed by atoms with Crippen LogP contribution in [0, 0.1) is 6.92 Å². The van der Waals surface area contributed by atoms with Crippen LogP contribution in [0.15, 0.2) is 28.7 Å². The Morgan fingerprint density at radius 3 is 2.50 bits per heavy atom. The molecular weight excluding hydrogens is 276 g/mol. The van der Waals surface area contributed by atoms with Gasteiger partial charge < -0.3 is 10.2 Å². The molecule has 2 N–H and O–H groups in total. The third-order valence-corrected chi connectivity index (χ3v) is 2.57. The number of halogens is 1. The second kappa shape index (κ2) is 4.94. The standard InChI is InChI=1S/C11H9BrO4/c1-6-2-3-8(12)7(4-6)9(13)5-10(14)11(15)16/h2-5,13H,1H3,(H,15,16). The fourth-order valence-electron chi connectivity index (χ4n) is 1.10. The van der Waals surface area contributed by atoms with E-state index in [1.807, 2.05) is 13.0 Å². The molecular formula is C11H9BrO4. The fourth-order valence-corrected chi connectivity index (χ4v) is 1.55. The van der Waals surface area contributed by atoms with Crippen LogP contribution in [-0.2, 0) is 9.59 Å². The van der Waals surface area contributed by atoms with E-state index in [0.717, 1.165) is 5.56 Å². The van der Waals surface area contributed by atoms with Crippen molar-refractivity contribution in [2.45, 2.75) is 6.92 Å². The number of carbonyl (C=O) groups excluding carboxylic acids is 1. The third kappa shape index (κ3) is 2.93. The molecule has 0 aliphatic rings. The number of aryl methyl sites for hydroxylation is 1. The summed E-state index contributed by atoms with van der Waals surface area (Å²) in [7, 11) is 0. The van der Waals surface area contributed by atoms with E-state index < -0.39 is 11.8 Å². The van der Waals surface area contributed by atoms with E-state index >= 15 is 0 Å². The lowest BCUT2D eigenvalue weighted by Crippen LogP contribution is -2.09. The van der Waals surface area contributed by atoms with Gasteiger partial charge in [0.2, 0.25) is 0 Å². The van der Waals surface area contributed by atoms with Crippen LogP contribution in [0.3, 0.4) is 0 Å². The number of carboxylic acids is 1. The first-order chi connectivity index (χ1) is 7.41. The van der Waals surface area contributed by atoms with Gasteiger partial charge in [0.15, 0.2) is 0 Å². The Labute approximate surface area is 100 Å². The van der Waals surface area contributed by atoms with Gasteiger partial charge in [0.25, 0.3) is 5.78 Å². The summed E-state index contributed by atoms with van der Waals surface area (Å²) in [6.07, 6.45) is 0.682. The number of aliphatic carboxylic acids is 1. The molecule has 0 bridgehead atoms. The van der Waals surface area contributed by atoms with Gasteiger partial charge in [0.05, 0.1) is 0 Å². The van der Waals surface area contributed by atoms with Gasteiger partial charge in [-0.15, -0.1) is 0 Å². The van der Waals surface area contributed by atoms with Crippen LogP contribution in [0.2, 0.25) is 0 Å². The number of aliphatic hydroxyl groups excluding tert-OH is 1. The molecule has 0 atom stereocenters. The Kier molecular flexibility index (Phi) is 3.84. The summed E-state index contributed by atoms with van der Waals surface area (Å²) in [5.41, 5.74) is 1.27. The number of benzene rings is 1. The molecule has 0 heterocycles. The van der Waals surface area contributed by atoms with Gasteiger partial charge in [0.1, 0.15) is 5.76 Å². The van der Waals surface area contributed by atoms with E-state index in [0.29, 0.717) is 16.1 Å². The van der Waals surface area contributed by atoms with Crippen LogP contribution < -0.4 is 0 Å². The maximum absolute atomic E-state index is 10.9. The average molecular weight is 285 g/mol. The maximum Gasteiger partial charge on any atom is 0.376 e. The Hall–Kier alpha value is -1.62. The highest BCUT2D eigenvalue weighted by Gasteiger charge is 2.12. The van der Waals surface area contributed by atoms with Crippen LogP contribution >= 0.6 is 15.9 Å². The highest BCUT2D eigenvalue weighted by molar-refractivity contribution is 9.10. The molecule has 0 radical (unpaired) electrons. The molecule has 1 aromatic rings. The summed E-state index contributed by atoms with van der Waals surface area (Å²) < 4.78 is 0.588. The number of ketones is 1. The van der Waals surface area contributed by atoms with Crippen molar-refractivity contribution in [3.05, 3.63) is 39.9 Å². The van der Waals surface area contributed by atoms with Gasteiger partial charge in [-0.1, -0.05) is 27.6 Å². The molecule has 0 saturated heterocycles. The summed E-state index contributed by atoms with van der Waals surface area (Å²) in [5, 5.41) is 18.0. The number of rotatable bonds is 3. The predicted octanol–water partition coefficient (Wildman–Crippen LogP) is 2.31. The van der Waals surface area contributed by atoms with Crippen LogP contribution in [0.1, 0.15) is 11.1 Å². The Bertz CT molecular complexity index is 477. The largest absolute Gasteiger partial charge is 0.507 e. The van der Waals surface area contributed by atoms with E-state index in [4.69, 9.17) is 5.11 Å².